The van der Waals surface area contributed by atoms with Gasteiger partial charge in [0.15, 0.2) is 5.65 Å². The first kappa shape index (κ1) is 12.7. The summed E-state index contributed by atoms with van der Waals surface area (Å²) in [5, 5.41) is 4.20. The third-order valence-corrected chi connectivity index (χ3v) is 3.74. The molecule has 19 heavy (non-hydrogen) atoms. The molecule has 1 aliphatic carbocycles. The molecule has 2 heterocycles. The van der Waals surface area contributed by atoms with Crippen molar-refractivity contribution in [2.24, 2.45) is 0 Å². The number of hydrogen-bond acceptors (Lipinski definition) is 2. The maximum atomic E-state index is 12.7. The predicted molar refractivity (Wildman–Crippen MR) is 64.2 cm³/mol. The van der Waals surface area contributed by atoms with E-state index in [1.807, 2.05) is 0 Å². The van der Waals surface area contributed by atoms with Crippen molar-refractivity contribution < 1.29 is 13.2 Å². The van der Waals surface area contributed by atoms with Gasteiger partial charge in [-0.05, 0) is 12.8 Å². The van der Waals surface area contributed by atoms with Gasteiger partial charge in [-0.2, -0.15) is 18.3 Å². The summed E-state index contributed by atoms with van der Waals surface area (Å²) in [5.41, 5.74) is -0.0455. The number of fused-ring (bicyclic) bond motifs is 1. The fraction of sp³-hybridized carbons (Fsp3) is 0.500. The van der Waals surface area contributed by atoms with Crippen LogP contribution in [0.5, 0.6) is 0 Å². The number of nitrogens with zero attached hydrogens (tertiary/aromatic N) is 3. The summed E-state index contributed by atoms with van der Waals surface area (Å²) >= 11 is 5.85. The Morgan fingerprint density at radius 1 is 1.21 bits per heavy atom. The Hall–Kier alpha value is -1.30. The zero-order valence-corrected chi connectivity index (χ0v) is 10.7. The molecule has 0 N–H and O–H groups in total. The van der Waals surface area contributed by atoms with E-state index in [4.69, 9.17) is 11.6 Å². The van der Waals surface area contributed by atoms with Gasteiger partial charge in [-0.1, -0.05) is 24.4 Å². The molecule has 0 saturated heterocycles. The molecule has 0 aliphatic heterocycles. The van der Waals surface area contributed by atoms with Crippen molar-refractivity contribution in [3.8, 4) is 0 Å². The summed E-state index contributed by atoms with van der Waals surface area (Å²) < 4.78 is 39.2. The van der Waals surface area contributed by atoms with Crippen LogP contribution in [-0.2, 0) is 6.18 Å². The monoisotopic (exact) mass is 289 g/mol. The smallest absolute Gasteiger partial charge is 0.224 e. The lowest BCUT2D eigenvalue weighted by Gasteiger charge is -2.06. The molecular weight excluding hydrogens is 279 g/mol. The number of rotatable bonds is 1. The zero-order valence-electron chi connectivity index (χ0n) is 9.91. The lowest BCUT2D eigenvalue weighted by molar-refractivity contribution is -0.141. The zero-order chi connectivity index (χ0) is 13.6. The minimum atomic E-state index is -4.50. The van der Waals surface area contributed by atoms with E-state index in [9.17, 15) is 13.2 Å². The average Bonchev–Trinajstić information content (AvgIpc) is 2.95. The van der Waals surface area contributed by atoms with E-state index < -0.39 is 11.9 Å². The van der Waals surface area contributed by atoms with Gasteiger partial charge in [0.1, 0.15) is 10.8 Å². The predicted octanol–water partition coefficient (Wildman–Crippen LogP) is 4.06. The first-order valence-electron chi connectivity index (χ1n) is 6.08. The Balaban J connectivity index is 2.09. The van der Waals surface area contributed by atoms with Gasteiger partial charge in [-0.15, -0.1) is 0 Å². The van der Waals surface area contributed by atoms with Crippen LogP contribution in [-0.4, -0.2) is 14.6 Å². The van der Waals surface area contributed by atoms with Crippen molar-refractivity contribution in [3.63, 3.8) is 0 Å². The van der Waals surface area contributed by atoms with Gasteiger partial charge in [0.05, 0.1) is 5.69 Å². The maximum Gasteiger partial charge on any atom is 0.433 e. The normalized spacial score (nSPS) is 17.5. The largest absolute Gasteiger partial charge is 0.433 e. The number of alkyl halides is 3. The van der Waals surface area contributed by atoms with Gasteiger partial charge in [0.2, 0.25) is 0 Å². The van der Waals surface area contributed by atoms with Crippen molar-refractivity contribution in [1.82, 2.24) is 14.6 Å². The Morgan fingerprint density at radius 2 is 1.89 bits per heavy atom. The average molecular weight is 290 g/mol. The molecule has 2 aromatic heterocycles. The maximum absolute atomic E-state index is 12.7. The van der Waals surface area contributed by atoms with Crippen LogP contribution in [0, 0.1) is 0 Å². The standard InChI is InChI=1S/C12H11ClF3N3/c13-10-6-9(12(14,15)16)17-11-5-8(18-19(10)11)7-3-1-2-4-7/h5-7H,1-4H2. The lowest BCUT2D eigenvalue weighted by Crippen LogP contribution is -2.09. The van der Waals surface area contributed by atoms with E-state index >= 15 is 0 Å². The molecule has 0 unspecified atom stereocenters. The minimum Gasteiger partial charge on any atom is -0.224 e. The molecule has 0 amide bonds. The molecule has 0 radical (unpaired) electrons. The van der Waals surface area contributed by atoms with Gasteiger partial charge < -0.3 is 0 Å². The summed E-state index contributed by atoms with van der Waals surface area (Å²) in [6.07, 6.45) is -0.189. The van der Waals surface area contributed by atoms with Gasteiger partial charge in [0, 0.05) is 18.1 Å². The second-order valence-corrected chi connectivity index (χ2v) is 5.17. The molecule has 7 heteroatoms. The molecule has 0 atom stereocenters. The second-order valence-electron chi connectivity index (χ2n) is 4.78. The molecule has 1 aliphatic rings. The van der Waals surface area contributed by atoms with Crippen molar-refractivity contribution in [2.75, 3.05) is 0 Å². The van der Waals surface area contributed by atoms with E-state index in [1.165, 1.54) is 4.52 Å². The fourth-order valence-electron chi connectivity index (χ4n) is 2.52. The first-order valence-corrected chi connectivity index (χ1v) is 6.46. The van der Waals surface area contributed by atoms with Crippen molar-refractivity contribution in [3.05, 3.63) is 28.7 Å². The van der Waals surface area contributed by atoms with E-state index in [1.54, 1.807) is 6.07 Å². The second kappa shape index (κ2) is 4.37. The molecule has 3 rings (SSSR count). The van der Waals surface area contributed by atoms with E-state index in [0.29, 0.717) is 5.92 Å². The van der Waals surface area contributed by atoms with E-state index in [-0.39, 0.29) is 10.8 Å². The Kier molecular flexibility index (Phi) is 2.92. The van der Waals surface area contributed by atoms with Crippen molar-refractivity contribution >= 4 is 17.2 Å². The third kappa shape index (κ3) is 2.29. The Labute approximate surface area is 112 Å². The summed E-state index contributed by atoms with van der Waals surface area (Å²) in [4.78, 5) is 3.59. The number of aromatic nitrogens is 3. The van der Waals surface area contributed by atoms with Gasteiger partial charge in [-0.3, -0.25) is 0 Å². The van der Waals surface area contributed by atoms with Crippen molar-refractivity contribution in [2.45, 2.75) is 37.8 Å². The lowest BCUT2D eigenvalue weighted by atomic mass is 10.1. The van der Waals surface area contributed by atoms with Gasteiger partial charge in [-0.25, -0.2) is 9.50 Å². The summed E-state index contributed by atoms with van der Waals surface area (Å²) in [5.74, 6) is 0.312. The van der Waals surface area contributed by atoms with Crippen LogP contribution in [0.15, 0.2) is 12.1 Å². The highest BCUT2D eigenvalue weighted by atomic mass is 35.5. The number of hydrogen-bond donors (Lipinski definition) is 0. The van der Waals surface area contributed by atoms with E-state index in [0.717, 1.165) is 37.4 Å². The van der Waals surface area contributed by atoms with Crippen LogP contribution in [0.1, 0.15) is 43.0 Å². The minimum absolute atomic E-state index is 0.0680. The molecule has 1 saturated carbocycles. The summed E-state index contributed by atoms with van der Waals surface area (Å²) in [7, 11) is 0. The summed E-state index contributed by atoms with van der Waals surface area (Å²) in [6.45, 7) is 0. The van der Waals surface area contributed by atoms with Crippen LogP contribution < -0.4 is 0 Å². The van der Waals surface area contributed by atoms with Gasteiger partial charge >= 0.3 is 6.18 Å². The highest BCUT2D eigenvalue weighted by Crippen LogP contribution is 2.35. The molecule has 3 nitrogen and oxygen atoms in total. The van der Waals surface area contributed by atoms with Crippen LogP contribution >= 0.6 is 11.6 Å². The molecule has 0 spiro atoms. The van der Waals surface area contributed by atoms with Crippen molar-refractivity contribution in [1.29, 1.82) is 0 Å². The molecule has 1 fully saturated rings. The molecular formula is C12H11ClF3N3. The topological polar surface area (TPSA) is 30.2 Å². The van der Waals surface area contributed by atoms with Gasteiger partial charge in [0.25, 0.3) is 0 Å². The SMILES string of the molecule is FC(F)(F)c1cc(Cl)n2nc(C3CCCC3)cc2n1. The summed E-state index contributed by atoms with van der Waals surface area (Å²) in [6, 6.07) is 2.41. The van der Waals surface area contributed by atoms with Crippen LogP contribution in [0.25, 0.3) is 5.65 Å². The van der Waals surface area contributed by atoms with Crippen LogP contribution in [0.3, 0.4) is 0 Å². The molecule has 102 valence electrons. The third-order valence-electron chi connectivity index (χ3n) is 3.47. The Morgan fingerprint density at radius 3 is 2.53 bits per heavy atom. The molecule has 0 bridgehead atoms. The number of halogens is 4. The highest BCUT2D eigenvalue weighted by molar-refractivity contribution is 6.29. The van der Waals surface area contributed by atoms with Crippen LogP contribution in [0.2, 0.25) is 5.15 Å². The molecule has 0 aromatic carbocycles. The fourth-order valence-corrected chi connectivity index (χ4v) is 2.75. The van der Waals surface area contributed by atoms with E-state index in [2.05, 4.69) is 10.1 Å². The highest BCUT2D eigenvalue weighted by Gasteiger charge is 2.34. The van der Waals surface area contributed by atoms with Crippen LogP contribution in [0.4, 0.5) is 13.2 Å². The first-order chi connectivity index (χ1) is 8.95. The quantitative estimate of drug-likeness (QED) is 0.741. The molecule has 2 aromatic rings. The Bertz CT molecular complexity index is 614.